The van der Waals surface area contributed by atoms with Crippen LogP contribution in [0.15, 0.2) is 21.1 Å². The van der Waals surface area contributed by atoms with Gasteiger partial charge in [-0.2, -0.15) is 4.98 Å². The maximum atomic E-state index is 11.2. The van der Waals surface area contributed by atoms with Crippen molar-refractivity contribution >= 4 is 31.8 Å². The van der Waals surface area contributed by atoms with Gasteiger partial charge in [-0.1, -0.05) is 0 Å². The van der Waals surface area contributed by atoms with Crippen LogP contribution in [0.2, 0.25) is 0 Å². The average molecular weight is 344 g/mol. The quantitative estimate of drug-likeness (QED) is 0.811. The highest BCUT2D eigenvalue weighted by molar-refractivity contribution is 9.10. The lowest BCUT2D eigenvalue weighted by atomic mass is 10.2. The van der Waals surface area contributed by atoms with Crippen molar-refractivity contribution in [2.75, 3.05) is 18.1 Å². The van der Waals surface area contributed by atoms with Crippen LogP contribution in [0.1, 0.15) is 0 Å². The maximum absolute atomic E-state index is 11.2. The Kier molecular flexibility index (Phi) is 2.82. The molecule has 3 heterocycles. The van der Waals surface area contributed by atoms with Crippen molar-refractivity contribution < 1.29 is 8.42 Å². The zero-order valence-corrected chi connectivity index (χ0v) is 12.4. The van der Waals surface area contributed by atoms with Crippen LogP contribution in [0, 0.1) is 0 Å². The van der Waals surface area contributed by atoms with Gasteiger partial charge in [0.1, 0.15) is 11.6 Å². The predicted molar refractivity (Wildman–Crippen MR) is 73.2 cm³/mol. The fourth-order valence-electron chi connectivity index (χ4n) is 2.01. The number of pyridine rings is 1. The Hall–Kier alpha value is -1.48. The van der Waals surface area contributed by atoms with Crippen LogP contribution in [0.25, 0.3) is 11.4 Å². The molecule has 0 bridgehead atoms. The second kappa shape index (κ2) is 4.27. The highest BCUT2D eigenvalue weighted by Crippen LogP contribution is 2.32. The first kappa shape index (κ1) is 12.5. The summed E-state index contributed by atoms with van der Waals surface area (Å²) in [6.07, 6.45) is 2.59. The molecule has 1 N–H and O–H groups in total. The number of aromatic nitrogens is 3. The standard InChI is InChI=1S/C10H10BrN5O2S/c1-19(17,18)15-10-13-5-6-4-7(11)9-12-2-3-16(9)8(6)14-10/h4-5,12H,2-3H2,1H3. The van der Waals surface area contributed by atoms with Gasteiger partial charge in [0.2, 0.25) is 0 Å². The molecule has 7 nitrogen and oxygen atoms in total. The second-order valence-corrected chi connectivity index (χ2v) is 6.70. The third kappa shape index (κ3) is 2.35. The van der Waals surface area contributed by atoms with E-state index in [-0.39, 0.29) is 5.62 Å². The number of sulfonamides is 1. The predicted octanol–water partition coefficient (Wildman–Crippen LogP) is 0.431. The van der Waals surface area contributed by atoms with E-state index in [4.69, 9.17) is 0 Å². The normalized spacial score (nSPS) is 15.6. The van der Waals surface area contributed by atoms with E-state index < -0.39 is 10.0 Å². The minimum absolute atomic E-state index is 0.0427. The van der Waals surface area contributed by atoms with Crippen LogP contribution in [0.5, 0.6) is 0 Å². The Morgan fingerprint density at radius 1 is 1.53 bits per heavy atom. The van der Waals surface area contributed by atoms with E-state index in [1.54, 1.807) is 6.20 Å². The summed E-state index contributed by atoms with van der Waals surface area (Å²) in [5.74, 6) is 1.59. The molecule has 0 atom stereocenters. The molecule has 9 heteroatoms. The van der Waals surface area contributed by atoms with Gasteiger partial charge < -0.3 is 9.88 Å². The molecule has 0 unspecified atom stereocenters. The third-order valence-electron chi connectivity index (χ3n) is 2.69. The number of rotatable bonds is 1. The fourth-order valence-corrected chi connectivity index (χ4v) is 2.99. The lowest BCUT2D eigenvalue weighted by Gasteiger charge is -2.13. The highest BCUT2D eigenvalue weighted by atomic mass is 79.9. The summed E-state index contributed by atoms with van der Waals surface area (Å²) in [6, 6.07) is 1.89. The second-order valence-electron chi connectivity index (χ2n) is 4.19. The Bertz CT molecular complexity index is 798. The van der Waals surface area contributed by atoms with Crippen LogP contribution in [-0.4, -0.2) is 35.8 Å². The van der Waals surface area contributed by atoms with Gasteiger partial charge in [0.15, 0.2) is 0 Å². The number of halogens is 1. The van der Waals surface area contributed by atoms with Crippen molar-refractivity contribution in [3.05, 3.63) is 22.4 Å². The maximum Gasteiger partial charge on any atom is 0.262 e. The van der Waals surface area contributed by atoms with Gasteiger partial charge in [-0.25, -0.2) is 13.4 Å². The Morgan fingerprint density at radius 2 is 2.32 bits per heavy atom. The van der Waals surface area contributed by atoms with E-state index >= 15 is 0 Å². The van der Waals surface area contributed by atoms with Crippen LogP contribution in [0.4, 0.5) is 5.82 Å². The van der Waals surface area contributed by atoms with E-state index in [1.165, 1.54) is 0 Å². The molecule has 0 aromatic carbocycles. The molecule has 0 aromatic heterocycles. The number of fused-ring (bicyclic) bond motifs is 3. The van der Waals surface area contributed by atoms with E-state index in [0.717, 1.165) is 35.2 Å². The zero-order chi connectivity index (χ0) is 13.6. The summed E-state index contributed by atoms with van der Waals surface area (Å²) in [7, 11) is -3.50. The highest BCUT2D eigenvalue weighted by Gasteiger charge is 2.20. The number of hydrogen-bond donors (Lipinski definition) is 1. The first-order chi connectivity index (χ1) is 8.94. The van der Waals surface area contributed by atoms with Gasteiger partial charge in [0.05, 0.1) is 10.7 Å². The average Bonchev–Trinajstić information content (AvgIpc) is 2.78. The third-order valence-corrected chi connectivity index (χ3v) is 3.79. The molecule has 100 valence electrons. The van der Waals surface area contributed by atoms with E-state index in [0.29, 0.717) is 5.82 Å². The molecule has 0 aromatic rings. The van der Waals surface area contributed by atoms with Crippen LogP contribution >= 0.6 is 15.9 Å². The molecule has 0 fully saturated rings. The van der Waals surface area contributed by atoms with Gasteiger partial charge >= 0.3 is 0 Å². The van der Waals surface area contributed by atoms with E-state index in [9.17, 15) is 8.42 Å². The Balaban J connectivity index is 2.33. The number of nitrogens with zero attached hydrogens (tertiary/aromatic N) is 4. The summed E-state index contributed by atoms with van der Waals surface area (Å²) in [4.78, 5) is 8.17. The molecule has 0 radical (unpaired) electrons. The molecule has 0 aliphatic carbocycles. The molecular weight excluding hydrogens is 334 g/mol. The van der Waals surface area contributed by atoms with Crippen molar-refractivity contribution in [1.82, 2.24) is 14.5 Å². The molecule has 3 rings (SSSR count). The molecule has 3 aliphatic heterocycles. The van der Waals surface area contributed by atoms with Crippen LogP contribution in [0.3, 0.4) is 0 Å². The van der Waals surface area contributed by atoms with Crippen molar-refractivity contribution in [3.8, 4) is 11.4 Å². The van der Waals surface area contributed by atoms with E-state index in [1.807, 2.05) is 10.6 Å². The van der Waals surface area contributed by atoms with Crippen LogP contribution in [-0.2, 0) is 16.6 Å². The van der Waals surface area contributed by atoms with Crippen molar-refractivity contribution in [3.63, 3.8) is 0 Å². The summed E-state index contributed by atoms with van der Waals surface area (Å²) in [5, 5.41) is 3.24. The van der Waals surface area contributed by atoms with Gasteiger partial charge in [-0.15, -0.1) is 4.40 Å². The summed E-state index contributed by atoms with van der Waals surface area (Å²) < 4.78 is 28.7. The lowest BCUT2D eigenvalue weighted by molar-refractivity contribution is 0.601. The van der Waals surface area contributed by atoms with Gasteiger partial charge in [0, 0.05) is 24.8 Å². The van der Waals surface area contributed by atoms with Crippen molar-refractivity contribution in [1.29, 1.82) is 0 Å². The minimum atomic E-state index is -3.50. The molecule has 3 aliphatic rings. The SMILES string of the molecule is CS(=O)(=O)N=c1ncc2cc(Br)c3n(c-2n1)CCN3. The Morgan fingerprint density at radius 3 is 3.05 bits per heavy atom. The number of hydrogen-bond acceptors (Lipinski definition) is 5. The van der Waals surface area contributed by atoms with Gasteiger partial charge in [0.25, 0.3) is 15.6 Å². The van der Waals surface area contributed by atoms with E-state index in [2.05, 4.69) is 35.6 Å². The molecule has 0 spiro atoms. The molecule has 0 saturated carbocycles. The molecular formula is C10H10BrN5O2S. The van der Waals surface area contributed by atoms with Gasteiger partial charge in [-0.05, 0) is 22.0 Å². The zero-order valence-electron chi connectivity index (χ0n) is 9.96. The first-order valence-electron chi connectivity index (χ1n) is 5.50. The fraction of sp³-hybridized carbons (Fsp3) is 0.300. The summed E-state index contributed by atoms with van der Waals surface area (Å²) in [5.41, 5.74) is 0.783. The number of nitrogens with one attached hydrogen (secondary N) is 1. The smallest absolute Gasteiger partial charge is 0.262 e. The molecule has 19 heavy (non-hydrogen) atoms. The molecule has 0 saturated heterocycles. The van der Waals surface area contributed by atoms with Crippen molar-refractivity contribution in [2.24, 2.45) is 4.40 Å². The topological polar surface area (TPSA) is 89.2 Å². The van der Waals surface area contributed by atoms with Gasteiger partial charge in [-0.3, -0.25) is 0 Å². The Labute approximate surface area is 117 Å². The van der Waals surface area contributed by atoms with Crippen molar-refractivity contribution in [2.45, 2.75) is 6.54 Å². The van der Waals surface area contributed by atoms with Crippen LogP contribution < -0.4 is 10.9 Å². The summed E-state index contributed by atoms with van der Waals surface area (Å²) in [6.45, 7) is 1.57. The monoisotopic (exact) mass is 343 g/mol. The lowest BCUT2D eigenvalue weighted by Crippen LogP contribution is -2.19. The largest absolute Gasteiger partial charge is 0.369 e. The minimum Gasteiger partial charge on any atom is -0.369 e. The first-order valence-corrected chi connectivity index (χ1v) is 8.14. The summed E-state index contributed by atoms with van der Waals surface area (Å²) >= 11 is 3.48. The molecule has 0 amide bonds. The number of anilines is 1.